The third-order valence-electron chi connectivity index (χ3n) is 3.26. The van der Waals surface area contributed by atoms with Gasteiger partial charge in [-0.05, 0) is 31.1 Å². The summed E-state index contributed by atoms with van der Waals surface area (Å²) in [6.45, 7) is 19.0. The van der Waals surface area contributed by atoms with Crippen molar-refractivity contribution in [3.05, 3.63) is 36.5 Å². The molecule has 0 fully saturated rings. The molecule has 0 amide bonds. The fourth-order valence-electron chi connectivity index (χ4n) is 1.33. The first kappa shape index (κ1) is 14.2. The van der Waals surface area contributed by atoms with E-state index in [2.05, 4.69) is 53.9 Å². The first-order valence-electron chi connectivity index (χ1n) is 5.79. The van der Waals surface area contributed by atoms with E-state index >= 15 is 0 Å². The maximum atomic E-state index is 4.04. The predicted molar refractivity (Wildman–Crippen MR) is 70.9 cm³/mol. The Balaban J connectivity index is 4.22. The van der Waals surface area contributed by atoms with Crippen LogP contribution in [-0.4, -0.2) is 0 Å². The summed E-state index contributed by atoms with van der Waals surface area (Å²) in [7, 11) is 0. The van der Waals surface area contributed by atoms with Gasteiger partial charge in [0.15, 0.2) is 0 Å². The molecule has 0 nitrogen and oxygen atoms in total. The van der Waals surface area contributed by atoms with E-state index in [0.29, 0.717) is 5.92 Å². The van der Waals surface area contributed by atoms with Crippen molar-refractivity contribution in [1.82, 2.24) is 0 Å². The van der Waals surface area contributed by atoms with Crippen LogP contribution in [0.25, 0.3) is 0 Å². The SMILES string of the molecule is C=CC(=C)C(C)(C)CC/C=C(\C)C(C)C. The second-order valence-corrected chi connectivity index (χ2v) is 5.25. The van der Waals surface area contributed by atoms with Gasteiger partial charge in [0.1, 0.15) is 0 Å². The topological polar surface area (TPSA) is 0 Å². The van der Waals surface area contributed by atoms with Gasteiger partial charge in [0.2, 0.25) is 0 Å². The van der Waals surface area contributed by atoms with Gasteiger partial charge in [-0.15, -0.1) is 0 Å². The molecule has 0 rings (SSSR count). The van der Waals surface area contributed by atoms with Crippen molar-refractivity contribution < 1.29 is 0 Å². The normalized spacial score (nSPS) is 13.1. The first-order valence-corrected chi connectivity index (χ1v) is 5.79. The minimum absolute atomic E-state index is 0.176. The standard InChI is InChI=1S/C15H26/c1-8-14(5)15(6,7)11-9-10-13(4)12(2)3/h8,10,12H,1,5,9,11H2,2-4,6-7H3/b13-10+. The smallest absolute Gasteiger partial charge is 0.0107 e. The highest BCUT2D eigenvalue weighted by atomic mass is 14.2. The molecule has 0 N–H and O–H groups in total. The minimum Gasteiger partial charge on any atom is -0.0988 e. The maximum Gasteiger partial charge on any atom is -0.0107 e. The Hall–Kier alpha value is -0.780. The van der Waals surface area contributed by atoms with Crippen LogP contribution in [0.15, 0.2) is 36.5 Å². The van der Waals surface area contributed by atoms with Crippen LogP contribution in [0.1, 0.15) is 47.5 Å². The molecule has 0 aliphatic rings. The molecule has 0 aromatic heterocycles. The second kappa shape index (κ2) is 5.95. The predicted octanol–water partition coefficient (Wildman–Crippen LogP) is 5.14. The number of rotatable bonds is 6. The van der Waals surface area contributed by atoms with Crippen LogP contribution in [0.5, 0.6) is 0 Å². The van der Waals surface area contributed by atoms with Gasteiger partial charge in [0, 0.05) is 0 Å². The monoisotopic (exact) mass is 206 g/mol. The van der Waals surface area contributed by atoms with E-state index in [-0.39, 0.29) is 5.41 Å². The molecule has 0 spiro atoms. The Kier molecular flexibility index (Phi) is 5.64. The highest BCUT2D eigenvalue weighted by molar-refractivity contribution is 5.19. The van der Waals surface area contributed by atoms with Crippen molar-refractivity contribution in [1.29, 1.82) is 0 Å². The van der Waals surface area contributed by atoms with Gasteiger partial charge in [0.25, 0.3) is 0 Å². The third-order valence-corrected chi connectivity index (χ3v) is 3.26. The Morgan fingerprint density at radius 2 is 1.87 bits per heavy atom. The number of hydrogen-bond donors (Lipinski definition) is 0. The maximum absolute atomic E-state index is 4.04. The van der Waals surface area contributed by atoms with Gasteiger partial charge in [-0.3, -0.25) is 0 Å². The van der Waals surface area contributed by atoms with Crippen LogP contribution in [0, 0.1) is 11.3 Å². The van der Waals surface area contributed by atoms with Crippen LogP contribution in [0.4, 0.5) is 0 Å². The molecule has 0 heteroatoms. The van der Waals surface area contributed by atoms with Crippen LogP contribution >= 0.6 is 0 Å². The van der Waals surface area contributed by atoms with Gasteiger partial charge < -0.3 is 0 Å². The van der Waals surface area contributed by atoms with Crippen molar-refractivity contribution in [2.75, 3.05) is 0 Å². The first-order chi connectivity index (χ1) is 6.81. The van der Waals surface area contributed by atoms with E-state index in [1.54, 1.807) is 0 Å². The average molecular weight is 206 g/mol. The summed E-state index contributed by atoms with van der Waals surface area (Å²) in [6, 6.07) is 0. The summed E-state index contributed by atoms with van der Waals surface area (Å²) >= 11 is 0. The summed E-state index contributed by atoms with van der Waals surface area (Å²) in [5.74, 6) is 0.663. The molecule has 0 aromatic rings. The molecule has 15 heavy (non-hydrogen) atoms. The second-order valence-electron chi connectivity index (χ2n) is 5.25. The molecular weight excluding hydrogens is 180 g/mol. The lowest BCUT2D eigenvalue weighted by Crippen LogP contribution is -2.12. The number of hydrogen-bond acceptors (Lipinski definition) is 0. The highest BCUT2D eigenvalue weighted by Gasteiger charge is 2.18. The molecule has 0 atom stereocenters. The van der Waals surface area contributed by atoms with E-state index in [4.69, 9.17) is 0 Å². The zero-order valence-corrected chi connectivity index (χ0v) is 11.1. The van der Waals surface area contributed by atoms with E-state index in [0.717, 1.165) is 18.4 Å². The summed E-state index contributed by atoms with van der Waals surface area (Å²) < 4.78 is 0. The van der Waals surface area contributed by atoms with Crippen molar-refractivity contribution in [3.8, 4) is 0 Å². The zero-order chi connectivity index (χ0) is 12.1. The zero-order valence-electron chi connectivity index (χ0n) is 11.1. The van der Waals surface area contributed by atoms with Crippen molar-refractivity contribution in [2.45, 2.75) is 47.5 Å². The molecule has 0 saturated heterocycles. The third kappa shape index (κ3) is 5.01. The van der Waals surface area contributed by atoms with E-state index in [1.807, 2.05) is 6.08 Å². The Labute approximate surface area is 95.8 Å². The average Bonchev–Trinajstić information content (AvgIpc) is 2.15. The summed E-state index contributed by atoms with van der Waals surface area (Å²) in [5.41, 5.74) is 2.79. The van der Waals surface area contributed by atoms with Crippen LogP contribution < -0.4 is 0 Å². The Morgan fingerprint density at radius 3 is 2.27 bits per heavy atom. The van der Waals surface area contributed by atoms with Crippen LogP contribution in [-0.2, 0) is 0 Å². The van der Waals surface area contributed by atoms with Gasteiger partial charge in [-0.25, -0.2) is 0 Å². The Bertz CT molecular complexity index is 251. The molecular formula is C15H26. The van der Waals surface area contributed by atoms with Crippen molar-refractivity contribution in [3.63, 3.8) is 0 Å². The van der Waals surface area contributed by atoms with Gasteiger partial charge in [-0.1, -0.05) is 64.2 Å². The van der Waals surface area contributed by atoms with E-state index in [1.165, 1.54) is 5.57 Å². The quantitative estimate of drug-likeness (QED) is 0.417. The van der Waals surface area contributed by atoms with Crippen LogP contribution in [0.2, 0.25) is 0 Å². The van der Waals surface area contributed by atoms with Crippen molar-refractivity contribution in [2.24, 2.45) is 11.3 Å². The Morgan fingerprint density at radius 1 is 1.33 bits per heavy atom. The van der Waals surface area contributed by atoms with Crippen LogP contribution in [0.3, 0.4) is 0 Å². The molecule has 0 aliphatic heterocycles. The molecule has 86 valence electrons. The lowest BCUT2D eigenvalue weighted by atomic mass is 9.80. The van der Waals surface area contributed by atoms with Gasteiger partial charge >= 0.3 is 0 Å². The number of allylic oxidation sites excluding steroid dienone is 4. The van der Waals surface area contributed by atoms with Crippen molar-refractivity contribution >= 4 is 0 Å². The highest BCUT2D eigenvalue weighted by Crippen LogP contribution is 2.31. The molecule has 0 radical (unpaired) electrons. The largest absolute Gasteiger partial charge is 0.0988 e. The molecule has 0 saturated carbocycles. The summed E-state index contributed by atoms with van der Waals surface area (Å²) in [6.07, 6.45) is 6.49. The van der Waals surface area contributed by atoms with Gasteiger partial charge in [0.05, 0.1) is 0 Å². The molecule has 0 unspecified atom stereocenters. The van der Waals surface area contributed by atoms with E-state index in [9.17, 15) is 0 Å². The molecule has 0 aromatic carbocycles. The van der Waals surface area contributed by atoms with Gasteiger partial charge in [-0.2, -0.15) is 0 Å². The molecule has 0 heterocycles. The fraction of sp³-hybridized carbons (Fsp3) is 0.600. The summed E-state index contributed by atoms with van der Waals surface area (Å²) in [4.78, 5) is 0. The molecule has 0 bridgehead atoms. The minimum atomic E-state index is 0.176. The lowest BCUT2D eigenvalue weighted by molar-refractivity contribution is 0.422. The molecule has 0 aliphatic carbocycles. The lowest BCUT2D eigenvalue weighted by Gasteiger charge is -2.24. The van der Waals surface area contributed by atoms with E-state index < -0.39 is 0 Å². The fourth-order valence-corrected chi connectivity index (χ4v) is 1.33. The summed E-state index contributed by atoms with van der Waals surface area (Å²) in [5, 5.41) is 0.